The first-order valence-corrected chi connectivity index (χ1v) is 7.38. The summed E-state index contributed by atoms with van der Waals surface area (Å²) >= 11 is 6.26. The molecule has 2 N–H and O–H groups in total. The molecule has 0 spiro atoms. The Bertz CT molecular complexity index is 612. The fraction of sp³-hybridized carbons (Fsp3) is 0.375. The molecular weight excluding hydrogens is 286 g/mol. The van der Waals surface area contributed by atoms with Crippen molar-refractivity contribution in [1.82, 2.24) is 9.97 Å². The van der Waals surface area contributed by atoms with Gasteiger partial charge in [-0.3, -0.25) is 0 Å². The minimum atomic E-state index is 0.327. The van der Waals surface area contributed by atoms with Crippen LogP contribution in [0.3, 0.4) is 0 Å². The maximum atomic E-state index is 6.26. The smallest absolute Gasteiger partial charge is 0.321 e. The monoisotopic (exact) mass is 305 g/mol. The van der Waals surface area contributed by atoms with Crippen LogP contribution in [0.25, 0.3) is 0 Å². The third kappa shape index (κ3) is 3.93. The van der Waals surface area contributed by atoms with E-state index in [-0.39, 0.29) is 0 Å². The van der Waals surface area contributed by atoms with Gasteiger partial charge in [0, 0.05) is 17.4 Å². The van der Waals surface area contributed by atoms with Gasteiger partial charge in [-0.2, -0.15) is 0 Å². The van der Waals surface area contributed by atoms with Crippen molar-refractivity contribution < 1.29 is 4.74 Å². The summed E-state index contributed by atoms with van der Waals surface area (Å²) in [6.45, 7) is 6.72. The number of benzene rings is 1. The van der Waals surface area contributed by atoms with Gasteiger partial charge in [0.25, 0.3) is 0 Å². The van der Waals surface area contributed by atoms with Gasteiger partial charge in [-0.1, -0.05) is 25.4 Å². The maximum Gasteiger partial charge on any atom is 0.321 e. The van der Waals surface area contributed by atoms with E-state index in [1.165, 1.54) is 0 Å². The lowest BCUT2D eigenvalue weighted by molar-refractivity contribution is 0.437. The molecule has 2 aromatic rings. The normalized spacial score (nSPS) is 11.0. The molecule has 0 aliphatic rings. The van der Waals surface area contributed by atoms with E-state index in [4.69, 9.17) is 22.1 Å². The average Bonchev–Trinajstić information content (AvgIpc) is 2.43. The lowest BCUT2D eigenvalue weighted by Crippen LogP contribution is -2.04. The van der Waals surface area contributed by atoms with Gasteiger partial charge in [0.1, 0.15) is 5.75 Å². The number of ether oxygens (including phenoxy) is 1. The van der Waals surface area contributed by atoms with Crippen LogP contribution in [0.4, 0.5) is 0 Å². The molecule has 0 unspecified atom stereocenters. The van der Waals surface area contributed by atoms with Gasteiger partial charge >= 0.3 is 6.01 Å². The van der Waals surface area contributed by atoms with E-state index in [0.29, 0.717) is 18.5 Å². The van der Waals surface area contributed by atoms with Crippen LogP contribution in [0, 0.1) is 6.92 Å². The molecule has 1 aromatic heterocycles. The predicted octanol–water partition coefficient (Wildman–Crippen LogP) is 3.86. The van der Waals surface area contributed by atoms with Gasteiger partial charge in [-0.05, 0) is 54.6 Å². The third-order valence-electron chi connectivity index (χ3n) is 3.23. The van der Waals surface area contributed by atoms with Gasteiger partial charge in [0.05, 0.1) is 0 Å². The van der Waals surface area contributed by atoms with Crippen LogP contribution in [-0.2, 0) is 6.42 Å². The number of nitrogens with zero attached hydrogens (tertiary/aromatic N) is 2. The molecule has 112 valence electrons. The SMILES string of the molecule is Cc1cc(Cl)c(C(C)C)cc1Oc1ncc(CCN)cn1. The Hall–Kier alpha value is -1.65. The van der Waals surface area contributed by atoms with Crippen LogP contribution in [0.15, 0.2) is 24.5 Å². The molecule has 0 amide bonds. The number of nitrogens with two attached hydrogens (primary N) is 1. The van der Waals surface area contributed by atoms with Crippen molar-refractivity contribution in [3.8, 4) is 11.8 Å². The van der Waals surface area contributed by atoms with E-state index >= 15 is 0 Å². The number of aryl methyl sites for hydroxylation is 1. The van der Waals surface area contributed by atoms with Gasteiger partial charge in [-0.15, -0.1) is 0 Å². The number of halogens is 1. The second-order valence-corrected chi connectivity index (χ2v) is 5.72. The zero-order chi connectivity index (χ0) is 15.4. The number of aromatic nitrogens is 2. The topological polar surface area (TPSA) is 61.0 Å². The molecule has 0 atom stereocenters. The van der Waals surface area contributed by atoms with Crippen molar-refractivity contribution in [1.29, 1.82) is 0 Å². The van der Waals surface area contributed by atoms with E-state index in [1.807, 2.05) is 19.1 Å². The highest BCUT2D eigenvalue weighted by Crippen LogP contribution is 2.32. The lowest BCUT2D eigenvalue weighted by Gasteiger charge is -2.13. The van der Waals surface area contributed by atoms with E-state index < -0.39 is 0 Å². The summed E-state index contributed by atoms with van der Waals surface area (Å²) in [6.07, 6.45) is 4.24. The zero-order valence-corrected chi connectivity index (χ0v) is 13.3. The van der Waals surface area contributed by atoms with Crippen LogP contribution in [0.5, 0.6) is 11.8 Å². The number of rotatable bonds is 5. The summed E-state index contributed by atoms with van der Waals surface area (Å²) in [5.41, 5.74) is 8.51. The van der Waals surface area contributed by atoms with Crippen LogP contribution < -0.4 is 10.5 Å². The van der Waals surface area contributed by atoms with Crippen molar-refractivity contribution >= 4 is 11.6 Å². The van der Waals surface area contributed by atoms with Crippen LogP contribution in [-0.4, -0.2) is 16.5 Å². The van der Waals surface area contributed by atoms with E-state index in [9.17, 15) is 0 Å². The van der Waals surface area contributed by atoms with Crippen molar-refractivity contribution in [2.75, 3.05) is 6.54 Å². The molecule has 0 saturated heterocycles. The van der Waals surface area contributed by atoms with E-state index in [0.717, 1.165) is 33.9 Å². The Morgan fingerprint density at radius 1 is 1.24 bits per heavy atom. The molecule has 0 saturated carbocycles. The molecule has 1 heterocycles. The summed E-state index contributed by atoms with van der Waals surface area (Å²) < 4.78 is 5.78. The molecule has 2 rings (SSSR count). The second-order valence-electron chi connectivity index (χ2n) is 5.31. The molecule has 0 bridgehead atoms. The predicted molar refractivity (Wildman–Crippen MR) is 85.1 cm³/mol. The largest absolute Gasteiger partial charge is 0.424 e. The average molecular weight is 306 g/mol. The summed E-state index contributed by atoms with van der Waals surface area (Å²) in [4.78, 5) is 8.42. The van der Waals surface area contributed by atoms with Gasteiger partial charge in [-0.25, -0.2) is 9.97 Å². The Balaban J connectivity index is 2.24. The number of hydrogen-bond acceptors (Lipinski definition) is 4. The Labute approximate surface area is 130 Å². The first kappa shape index (κ1) is 15.7. The zero-order valence-electron chi connectivity index (χ0n) is 12.6. The highest BCUT2D eigenvalue weighted by molar-refractivity contribution is 6.31. The molecule has 4 nitrogen and oxygen atoms in total. The Morgan fingerprint density at radius 3 is 2.48 bits per heavy atom. The van der Waals surface area contributed by atoms with Crippen LogP contribution in [0.1, 0.15) is 36.5 Å². The first-order chi connectivity index (χ1) is 10.0. The van der Waals surface area contributed by atoms with Crippen molar-refractivity contribution in [3.63, 3.8) is 0 Å². The molecule has 1 aromatic carbocycles. The quantitative estimate of drug-likeness (QED) is 0.911. The Morgan fingerprint density at radius 2 is 1.90 bits per heavy atom. The molecule has 0 radical (unpaired) electrons. The highest BCUT2D eigenvalue weighted by Gasteiger charge is 2.11. The van der Waals surface area contributed by atoms with Gasteiger partial charge in [0.15, 0.2) is 0 Å². The first-order valence-electron chi connectivity index (χ1n) is 7.00. The lowest BCUT2D eigenvalue weighted by atomic mass is 10.0. The van der Waals surface area contributed by atoms with Crippen LogP contribution >= 0.6 is 11.6 Å². The molecule has 21 heavy (non-hydrogen) atoms. The highest BCUT2D eigenvalue weighted by atomic mass is 35.5. The van der Waals surface area contributed by atoms with Gasteiger partial charge < -0.3 is 10.5 Å². The fourth-order valence-electron chi connectivity index (χ4n) is 2.01. The molecular formula is C16H20ClN3O. The van der Waals surface area contributed by atoms with Crippen molar-refractivity contribution in [2.24, 2.45) is 5.73 Å². The fourth-order valence-corrected chi connectivity index (χ4v) is 2.45. The summed E-state index contributed by atoms with van der Waals surface area (Å²) in [5.74, 6) is 1.06. The van der Waals surface area contributed by atoms with Crippen molar-refractivity contribution in [3.05, 3.63) is 46.2 Å². The summed E-state index contributed by atoms with van der Waals surface area (Å²) in [6, 6.07) is 4.20. The Kier molecular flexibility index (Phi) is 5.15. The summed E-state index contributed by atoms with van der Waals surface area (Å²) in [7, 11) is 0. The number of hydrogen-bond donors (Lipinski definition) is 1. The summed E-state index contributed by atoms with van der Waals surface area (Å²) in [5, 5.41) is 0.758. The molecule has 0 aliphatic carbocycles. The van der Waals surface area contributed by atoms with Crippen LogP contribution in [0.2, 0.25) is 5.02 Å². The maximum absolute atomic E-state index is 6.26. The third-order valence-corrected chi connectivity index (χ3v) is 3.56. The minimum absolute atomic E-state index is 0.327. The van der Waals surface area contributed by atoms with E-state index in [2.05, 4.69) is 23.8 Å². The molecule has 0 aliphatic heterocycles. The van der Waals surface area contributed by atoms with E-state index in [1.54, 1.807) is 12.4 Å². The standard InChI is InChI=1S/C16H20ClN3O/c1-10(2)13-7-15(11(3)6-14(13)17)21-16-19-8-12(4-5-18)9-20-16/h6-10H,4-5,18H2,1-3H3. The molecule has 5 heteroatoms. The van der Waals surface area contributed by atoms with Crippen molar-refractivity contribution in [2.45, 2.75) is 33.1 Å². The molecule has 0 fully saturated rings. The second kappa shape index (κ2) is 6.87. The van der Waals surface area contributed by atoms with Gasteiger partial charge in [0.2, 0.25) is 0 Å². The minimum Gasteiger partial charge on any atom is -0.424 e.